The summed E-state index contributed by atoms with van der Waals surface area (Å²) in [5.41, 5.74) is 4.21. The number of anilines is 1. The van der Waals surface area contributed by atoms with Crippen molar-refractivity contribution in [3.8, 4) is 28.8 Å². The van der Waals surface area contributed by atoms with Crippen LogP contribution in [0.1, 0.15) is 40.3 Å². The standard InChI is InChI=1S/C26H22N6O3/c1-16(8-21-14-28-15-22(31-21)18-6-7-23(33)24(10-18)35-2)17-4-3-5-20(9-17)32-26(34)19-12-29-25(11-27)30-13-19/h3-7,9-10,12-16,33H,8H2,1-2H3,(H,32,34)/t16-/m1/s1. The molecule has 174 valence electrons. The second-order valence-corrected chi connectivity index (χ2v) is 7.87. The average molecular weight is 467 g/mol. The average Bonchev–Trinajstić information content (AvgIpc) is 2.89. The summed E-state index contributed by atoms with van der Waals surface area (Å²) in [4.78, 5) is 29.2. The molecule has 2 N–H and O–H groups in total. The van der Waals surface area contributed by atoms with E-state index in [9.17, 15) is 9.90 Å². The third-order valence-corrected chi connectivity index (χ3v) is 5.40. The molecule has 0 radical (unpaired) electrons. The Labute approximate surface area is 202 Å². The van der Waals surface area contributed by atoms with Crippen LogP contribution in [0, 0.1) is 11.3 Å². The smallest absolute Gasteiger partial charge is 0.258 e. The maximum atomic E-state index is 12.5. The molecule has 0 unspecified atom stereocenters. The maximum Gasteiger partial charge on any atom is 0.258 e. The molecule has 0 aliphatic carbocycles. The molecule has 0 spiro atoms. The Hall–Kier alpha value is -4.84. The molecule has 9 heteroatoms. The van der Waals surface area contributed by atoms with E-state index in [1.165, 1.54) is 19.5 Å². The fraction of sp³-hybridized carbons (Fsp3) is 0.154. The van der Waals surface area contributed by atoms with Crippen LogP contribution in [0.5, 0.6) is 11.5 Å². The number of hydrogen-bond donors (Lipinski definition) is 2. The van der Waals surface area contributed by atoms with E-state index < -0.39 is 0 Å². The number of nitrogens with zero attached hydrogens (tertiary/aromatic N) is 5. The molecule has 9 nitrogen and oxygen atoms in total. The molecule has 0 saturated heterocycles. The number of nitrogens with one attached hydrogen (secondary N) is 1. The number of carbonyl (C=O) groups excluding carboxylic acids is 1. The molecule has 35 heavy (non-hydrogen) atoms. The van der Waals surface area contributed by atoms with Crippen LogP contribution in [0.3, 0.4) is 0 Å². The maximum absolute atomic E-state index is 12.5. The normalized spacial score (nSPS) is 11.3. The van der Waals surface area contributed by atoms with Gasteiger partial charge in [-0.05, 0) is 48.2 Å². The topological polar surface area (TPSA) is 134 Å². The van der Waals surface area contributed by atoms with Crippen LogP contribution >= 0.6 is 0 Å². The number of hydrogen-bond acceptors (Lipinski definition) is 8. The van der Waals surface area contributed by atoms with E-state index in [1.807, 2.05) is 24.3 Å². The zero-order valence-corrected chi connectivity index (χ0v) is 19.1. The van der Waals surface area contributed by atoms with E-state index in [2.05, 4.69) is 27.2 Å². The first-order valence-electron chi connectivity index (χ1n) is 10.8. The summed E-state index contributed by atoms with van der Waals surface area (Å²) in [6, 6.07) is 14.5. The van der Waals surface area contributed by atoms with Crippen LogP contribution in [-0.2, 0) is 6.42 Å². The second kappa shape index (κ2) is 10.4. The van der Waals surface area contributed by atoms with E-state index >= 15 is 0 Å². The number of carbonyl (C=O) groups is 1. The molecule has 0 aliphatic heterocycles. The quantitative estimate of drug-likeness (QED) is 0.415. The number of aromatic nitrogens is 4. The second-order valence-electron chi connectivity index (χ2n) is 7.87. The van der Waals surface area contributed by atoms with E-state index in [0.717, 1.165) is 16.8 Å². The molecule has 2 heterocycles. The number of phenols is 1. The van der Waals surface area contributed by atoms with Crippen LogP contribution in [0.25, 0.3) is 11.3 Å². The van der Waals surface area contributed by atoms with Gasteiger partial charge in [0.1, 0.15) is 6.07 Å². The molecule has 1 atom stereocenters. The number of amides is 1. The lowest BCUT2D eigenvalue weighted by Gasteiger charge is -2.14. The minimum absolute atomic E-state index is 0.00842. The van der Waals surface area contributed by atoms with Crippen molar-refractivity contribution in [1.82, 2.24) is 19.9 Å². The number of aromatic hydroxyl groups is 1. The highest BCUT2D eigenvalue weighted by atomic mass is 16.5. The third kappa shape index (κ3) is 5.57. The van der Waals surface area contributed by atoms with Crippen molar-refractivity contribution in [2.75, 3.05) is 12.4 Å². The lowest BCUT2D eigenvalue weighted by atomic mass is 9.96. The van der Waals surface area contributed by atoms with Gasteiger partial charge in [-0.25, -0.2) is 15.0 Å². The zero-order chi connectivity index (χ0) is 24.8. The summed E-state index contributed by atoms with van der Waals surface area (Å²) in [7, 11) is 1.50. The van der Waals surface area contributed by atoms with E-state index in [4.69, 9.17) is 15.0 Å². The predicted molar refractivity (Wildman–Crippen MR) is 129 cm³/mol. The van der Waals surface area contributed by atoms with Gasteiger partial charge in [0, 0.05) is 29.8 Å². The van der Waals surface area contributed by atoms with Crippen LogP contribution in [0.4, 0.5) is 5.69 Å². The Balaban J connectivity index is 1.47. The first-order valence-corrected chi connectivity index (χ1v) is 10.8. The predicted octanol–water partition coefficient (Wildman–Crippen LogP) is 4.12. The van der Waals surface area contributed by atoms with Gasteiger partial charge in [-0.2, -0.15) is 5.26 Å². The third-order valence-electron chi connectivity index (χ3n) is 5.40. The summed E-state index contributed by atoms with van der Waals surface area (Å²) < 4.78 is 5.19. The Morgan fingerprint density at radius 1 is 1.14 bits per heavy atom. The highest BCUT2D eigenvalue weighted by Crippen LogP contribution is 2.31. The number of rotatable bonds is 7. The fourth-order valence-electron chi connectivity index (χ4n) is 3.54. The highest BCUT2D eigenvalue weighted by Gasteiger charge is 2.13. The number of nitriles is 1. The van der Waals surface area contributed by atoms with Crippen LogP contribution in [0.2, 0.25) is 0 Å². The Morgan fingerprint density at radius 3 is 2.69 bits per heavy atom. The summed E-state index contributed by atoms with van der Waals surface area (Å²) >= 11 is 0. The van der Waals surface area contributed by atoms with Crippen molar-refractivity contribution in [2.24, 2.45) is 0 Å². The van der Waals surface area contributed by atoms with Crippen LogP contribution in [0.15, 0.2) is 67.3 Å². The van der Waals surface area contributed by atoms with Crippen LogP contribution < -0.4 is 10.1 Å². The molecular formula is C26H22N6O3. The fourth-order valence-corrected chi connectivity index (χ4v) is 3.54. The largest absolute Gasteiger partial charge is 0.504 e. The van der Waals surface area contributed by atoms with Crippen molar-refractivity contribution in [3.05, 3.63) is 89.9 Å². The van der Waals surface area contributed by atoms with Crippen molar-refractivity contribution in [1.29, 1.82) is 5.26 Å². The highest BCUT2D eigenvalue weighted by molar-refractivity contribution is 6.03. The molecule has 2 aromatic carbocycles. The van der Waals surface area contributed by atoms with E-state index in [0.29, 0.717) is 23.6 Å². The molecule has 0 bridgehead atoms. The Kier molecular flexibility index (Phi) is 6.93. The van der Waals surface area contributed by atoms with Gasteiger partial charge in [0.15, 0.2) is 11.5 Å². The minimum Gasteiger partial charge on any atom is -0.504 e. The van der Waals surface area contributed by atoms with Crippen LogP contribution in [-0.4, -0.2) is 38.1 Å². The van der Waals surface area contributed by atoms with Gasteiger partial charge in [0.25, 0.3) is 5.91 Å². The first kappa shape index (κ1) is 23.3. The van der Waals surface area contributed by atoms with Gasteiger partial charge < -0.3 is 15.2 Å². The van der Waals surface area contributed by atoms with Crippen molar-refractivity contribution in [2.45, 2.75) is 19.3 Å². The van der Waals surface area contributed by atoms with Crippen molar-refractivity contribution in [3.63, 3.8) is 0 Å². The molecule has 0 fully saturated rings. The summed E-state index contributed by atoms with van der Waals surface area (Å²) in [6.45, 7) is 2.08. The van der Waals surface area contributed by atoms with Gasteiger partial charge in [0.05, 0.1) is 30.3 Å². The molecule has 0 aliphatic rings. The first-order chi connectivity index (χ1) is 17.0. The van der Waals surface area contributed by atoms with Gasteiger partial charge in [-0.1, -0.05) is 19.1 Å². The van der Waals surface area contributed by atoms with E-state index in [-0.39, 0.29) is 29.0 Å². The number of ether oxygens (including phenoxy) is 1. The van der Waals surface area contributed by atoms with E-state index in [1.54, 1.807) is 36.7 Å². The van der Waals surface area contributed by atoms with Gasteiger partial charge in [-0.3, -0.25) is 9.78 Å². The lowest BCUT2D eigenvalue weighted by molar-refractivity contribution is 0.102. The van der Waals surface area contributed by atoms with Gasteiger partial charge in [0.2, 0.25) is 5.82 Å². The van der Waals surface area contributed by atoms with Crippen molar-refractivity contribution >= 4 is 11.6 Å². The minimum atomic E-state index is -0.359. The summed E-state index contributed by atoms with van der Waals surface area (Å²) in [5.74, 6) is 0.183. The summed E-state index contributed by atoms with van der Waals surface area (Å²) in [5, 5.41) is 21.5. The number of phenolic OH excluding ortho intramolecular Hbond substituents is 1. The molecule has 2 aromatic heterocycles. The molecule has 1 amide bonds. The monoisotopic (exact) mass is 466 g/mol. The zero-order valence-electron chi connectivity index (χ0n) is 19.1. The van der Waals surface area contributed by atoms with Gasteiger partial charge in [-0.15, -0.1) is 0 Å². The number of benzene rings is 2. The molecule has 0 saturated carbocycles. The number of methoxy groups -OCH3 is 1. The SMILES string of the molecule is COc1cc(-c2cncc(C[C@@H](C)c3cccc(NC(=O)c4cnc(C#N)nc4)c3)n2)ccc1O. The Bertz CT molecular complexity index is 1400. The lowest BCUT2D eigenvalue weighted by Crippen LogP contribution is -2.13. The molecule has 4 aromatic rings. The molecular weight excluding hydrogens is 444 g/mol. The van der Waals surface area contributed by atoms with Crippen molar-refractivity contribution < 1.29 is 14.6 Å². The molecule has 4 rings (SSSR count). The van der Waals surface area contributed by atoms with Gasteiger partial charge >= 0.3 is 0 Å². The Morgan fingerprint density at radius 2 is 1.94 bits per heavy atom. The summed E-state index contributed by atoms with van der Waals surface area (Å²) in [6.07, 6.45) is 6.68.